The Morgan fingerprint density at radius 3 is 0.905 bits per heavy atom. The third-order valence-electron chi connectivity index (χ3n) is 23.1. The fraction of sp³-hybridized carbons (Fsp3) is 0.310. The second-order valence-electron chi connectivity index (χ2n) is 32.0. The van der Waals surface area contributed by atoms with Gasteiger partial charge >= 0.3 is 0 Å². The Balaban J connectivity index is 0.893. The summed E-state index contributed by atoms with van der Waals surface area (Å²) in [5.41, 5.74) is 36.3. The molecule has 0 fully saturated rings. The molecule has 0 saturated heterocycles. The highest BCUT2D eigenvalue weighted by Gasteiger charge is 2.55. The van der Waals surface area contributed by atoms with Crippen LogP contribution in [0.1, 0.15) is 203 Å². The highest BCUT2D eigenvalue weighted by atomic mass is 14.6. The molecule has 0 nitrogen and oxygen atoms in total. The predicted molar refractivity (Wildman–Crippen MR) is 359 cm³/mol. The van der Waals surface area contributed by atoms with Gasteiger partial charge in [0.25, 0.3) is 0 Å². The number of hydrogen-bond donors (Lipinski definition) is 0. The molecule has 6 aliphatic carbocycles. The van der Waals surface area contributed by atoms with E-state index in [0.717, 1.165) is 0 Å². The number of benzene rings is 11. The molecule has 0 aromatic heterocycles. The molecule has 0 heteroatoms. The highest BCUT2D eigenvalue weighted by Crippen LogP contribution is 2.71. The molecule has 0 unspecified atom stereocenters. The minimum absolute atomic E-state index is 0.0321. The first-order valence-corrected chi connectivity index (χ1v) is 31.4. The number of hydrogen-bond acceptors (Lipinski definition) is 0. The van der Waals surface area contributed by atoms with Crippen molar-refractivity contribution in [2.45, 2.75) is 168 Å². The van der Waals surface area contributed by atoms with E-state index in [1.165, 1.54) is 177 Å². The summed E-state index contributed by atoms with van der Waals surface area (Å²) in [4.78, 5) is 0. The average Bonchev–Trinajstić information content (AvgIpc) is 1.49. The molecule has 0 heterocycles. The molecule has 0 bridgehead atoms. The quantitative estimate of drug-likeness (QED) is 0.162. The molecular formula is C84H78. The van der Waals surface area contributed by atoms with Crippen LogP contribution >= 0.6 is 0 Å². The molecule has 6 aliphatic rings. The van der Waals surface area contributed by atoms with Gasteiger partial charge in [0.1, 0.15) is 0 Å². The van der Waals surface area contributed by atoms with E-state index < -0.39 is 0 Å². The van der Waals surface area contributed by atoms with E-state index in [4.69, 9.17) is 0 Å². The zero-order chi connectivity index (χ0) is 58.6. The van der Waals surface area contributed by atoms with Crippen LogP contribution < -0.4 is 0 Å². The van der Waals surface area contributed by atoms with Gasteiger partial charge in [0.2, 0.25) is 0 Å². The van der Waals surface area contributed by atoms with Gasteiger partial charge in [-0.3, -0.25) is 0 Å². The van der Waals surface area contributed by atoms with E-state index in [-0.39, 0.29) is 43.3 Å². The summed E-state index contributed by atoms with van der Waals surface area (Å²) in [7, 11) is 0. The minimum atomic E-state index is -0.280. The standard InChI is InChI=1S/C84H78/c1-77(2,3)55-35-33-45(47-25-19-21-27-49(47)55)43-37-61-69-63(39-43)83(15,16)75-71(69)67-51(29-23-31-57(67)79(61,7)8)65-53-41-60-54(42-59(53)81(11,12)73(65)75)66-52-30-24-32-58-68(52)72-70-62(80(58,9)10)38-44(40-64(70)84(17,18)76(72)74(66)82(60,13)14)46-34-36-56(78(4,5)6)50-28-22-20-26-48(46)50/h19-42H,1-18H3. The zero-order valence-corrected chi connectivity index (χ0v) is 52.9. The zero-order valence-electron chi connectivity index (χ0n) is 52.9. The van der Waals surface area contributed by atoms with Gasteiger partial charge in [0.15, 0.2) is 0 Å². The van der Waals surface area contributed by atoms with Crippen molar-refractivity contribution < 1.29 is 0 Å². The maximum atomic E-state index is 2.73. The summed E-state index contributed by atoms with van der Waals surface area (Å²) >= 11 is 0. The maximum absolute atomic E-state index is 2.73. The lowest BCUT2D eigenvalue weighted by atomic mass is 9.66. The molecule has 11 aromatic rings. The molecular weight excluding hydrogens is 1010 g/mol. The first-order chi connectivity index (χ1) is 39.5. The van der Waals surface area contributed by atoms with Gasteiger partial charge in [-0.2, -0.15) is 0 Å². The van der Waals surface area contributed by atoms with Crippen molar-refractivity contribution in [1.29, 1.82) is 0 Å². The summed E-state index contributed by atoms with van der Waals surface area (Å²) in [6, 6.07) is 58.6. The first kappa shape index (κ1) is 50.9. The highest BCUT2D eigenvalue weighted by molar-refractivity contribution is 6.20. The molecule has 0 spiro atoms. The molecule has 0 amide bonds. The molecule has 0 radical (unpaired) electrons. The summed E-state index contributed by atoms with van der Waals surface area (Å²) < 4.78 is 0. The topological polar surface area (TPSA) is 0 Å². The van der Waals surface area contributed by atoms with E-state index in [2.05, 4.69) is 270 Å². The Labute approximate surface area is 498 Å². The van der Waals surface area contributed by atoms with Crippen LogP contribution in [0.15, 0.2) is 146 Å². The fourth-order valence-electron chi connectivity index (χ4n) is 19.1. The van der Waals surface area contributed by atoms with Crippen LogP contribution in [0.2, 0.25) is 0 Å². The average molecular weight is 1090 g/mol. The molecule has 0 atom stereocenters. The van der Waals surface area contributed by atoms with Crippen LogP contribution in [0.5, 0.6) is 0 Å². The van der Waals surface area contributed by atoms with Crippen molar-refractivity contribution in [2.24, 2.45) is 0 Å². The van der Waals surface area contributed by atoms with Crippen LogP contribution in [-0.4, -0.2) is 0 Å². The summed E-state index contributed by atoms with van der Waals surface area (Å²) in [5, 5.41) is 11.2. The van der Waals surface area contributed by atoms with Crippen LogP contribution in [-0.2, 0) is 43.3 Å². The first-order valence-electron chi connectivity index (χ1n) is 31.4. The Kier molecular flexibility index (Phi) is 9.15. The van der Waals surface area contributed by atoms with E-state index in [1.807, 2.05) is 0 Å². The molecule has 17 rings (SSSR count). The molecule has 414 valence electrons. The summed E-state index contributed by atoms with van der Waals surface area (Å²) in [6.07, 6.45) is 0. The van der Waals surface area contributed by atoms with Gasteiger partial charge < -0.3 is 0 Å². The van der Waals surface area contributed by atoms with Gasteiger partial charge in [0.05, 0.1) is 0 Å². The van der Waals surface area contributed by atoms with Gasteiger partial charge in [0, 0.05) is 32.5 Å². The van der Waals surface area contributed by atoms with Gasteiger partial charge in [-0.05, 0) is 235 Å². The SMILES string of the molecule is CC(C)(C)c1ccc(-c2cc3c4c(c2)C(C)(C)c2cccc5c6c(c(c-4c25)C3(C)C)C(C)(C)c2cc3c(cc2-6)C(C)(C)c2c4c5c6c(cccc6c2-3)C(C)(C)c2cc(-c3ccc(C(C)(C)C)c6ccccc36)cc(c2-5)C4(C)C)c2ccccc12. The van der Waals surface area contributed by atoms with Crippen LogP contribution in [0.25, 0.3) is 110 Å². The van der Waals surface area contributed by atoms with E-state index in [9.17, 15) is 0 Å². The molecule has 0 saturated carbocycles. The van der Waals surface area contributed by atoms with Crippen molar-refractivity contribution in [3.05, 3.63) is 223 Å². The monoisotopic (exact) mass is 1090 g/mol. The van der Waals surface area contributed by atoms with Gasteiger partial charge in [-0.15, -0.1) is 0 Å². The molecule has 0 N–H and O–H groups in total. The van der Waals surface area contributed by atoms with E-state index in [1.54, 1.807) is 11.1 Å². The Morgan fingerprint density at radius 2 is 0.548 bits per heavy atom. The van der Waals surface area contributed by atoms with Crippen molar-refractivity contribution in [1.82, 2.24) is 0 Å². The van der Waals surface area contributed by atoms with Crippen molar-refractivity contribution in [3.8, 4) is 66.8 Å². The Hall–Kier alpha value is -7.54. The van der Waals surface area contributed by atoms with Crippen LogP contribution in [0.4, 0.5) is 0 Å². The normalized spacial score (nSPS) is 18.2. The number of rotatable bonds is 2. The summed E-state index contributed by atoms with van der Waals surface area (Å²) in [6.45, 7) is 44.7. The van der Waals surface area contributed by atoms with Crippen molar-refractivity contribution in [3.63, 3.8) is 0 Å². The van der Waals surface area contributed by atoms with Crippen LogP contribution in [0.3, 0.4) is 0 Å². The molecule has 0 aliphatic heterocycles. The third kappa shape index (κ3) is 5.75. The predicted octanol–water partition coefficient (Wildman–Crippen LogP) is 22.7. The third-order valence-corrected chi connectivity index (χ3v) is 23.1. The van der Waals surface area contributed by atoms with E-state index >= 15 is 0 Å². The molecule has 84 heavy (non-hydrogen) atoms. The van der Waals surface area contributed by atoms with Gasteiger partial charge in [-0.1, -0.05) is 234 Å². The van der Waals surface area contributed by atoms with Crippen molar-refractivity contribution in [2.75, 3.05) is 0 Å². The summed E-state index contributed by atoms with van der Waals surface area (Å²) in [5.74, 6) is 0. The number of fused-ring (bicyclic) bond motifs is 12. The van der Waals surface area contributed by atoms with E-state index in [0.29, 0.717) is 0 Å². The molecule has 11 aromatic carbocycles. The second-order valence-corrected chi connectivity index (χ2v) is 32.0. The second kappa shape index (κ2) is 15.1. The Morgan fingerprint density at radius 1 is 0.238 bits per heavy atom. The Bertz CT molecular complexity index is 4680. The minimum Gasteiger partial charge on any atom is -0.0616 e. The lowest BCUT2D eigenvalue weighted by Gasteiger charge is -2.36. The smallest absolute Gasteiger partial charge is 0.0162 e. The van der Waals surface area contributed by atoms with Crippen LogP contribution in [0, 0.1) is 0 Å². The maximum Gasteiger partial charge on any atom is 0.0162 e. The lowest BCUT2D eigenvalue weighted by Crippen LogP contribution is -2.25. The fourth-order valence-corrected chi connectivity index (χ4v) is 19.1. The lowest BCUT2D eigenvalue weighted by molar-refractivity contribution is 0.595. The van der Waals surface area contributed by atoms with Gasteiger partial charge in [-0.25, -0.2) is 0 Å². The largest absolute Gasteiger partial charge is 0.0616 e. The van der Waals surface area contributed by atoms with Crippen molar-refractivity contribution >= 4 is 43.1 Å².